The molecule has 3 nitrogen and oxygen atoms in total. The quantitative estimate of drug-likeness (QED) is 0.0568. The molecule has 0 unspecified atom stereocenters. The predicted octanol–water partition coefficient (Wildman–Crippen LogP) is 12.8. The standard InChI is InChI=1S/3C12H27GeO.C6H5Ge/c3*1-4-7-9-13(10-8-5-2)11-12-14-6-3;7-6-4-2-1-3-5-6/h3*4-12H2,1-3H3;1-5H. The SMILES string of the molecule is CCC[CH2][Ge]([CH2]CCC)[CH2]COCC.CCC[CH2][Ge]([CH2]CCC)[CH2]COCC.CCC[CH2][Ge]([CH2]CCC)[CH2]COCC.[Ge][c]1ccccc1. The Morgan fingerprint density at radius 3 is 0.796 bits per heavy atom. The summed E-state index contributed by atoms with van der Waals surface area (Å²) < 4.78 is 17.7. The van der Waals surface area contributed by atoms with Crippen LogP contribution in [0.4, 0.5) is 0 Å². The van der Waals surface area contributed by atoms with Crippen molar-refractivity contribution in [1.29, 1.82) is 0 Å². The van der Waals surface area contributed by atoms with Gasteiger partial charge in [0.05, 0.1) is 0 Å². The molecule has 0 atom stereocenters. The van der Waals surface area contributed by atoms with E-state index in [1.165, 1.54) is 97.2 Å². The van der Waals surface area contributed by atoms with Crippen LogP contribution >= 0.6 is 0 Å². The average Bonchev–Trinajstić information content (AvgIpc) is 3.12. The monoisotopic (exact) mass is 934 g/mol. The van der Waals surface area contributed by atoms with Crippen molar-refractivity contribution >= 4 is 64.0 Å². The van der Waals surface area contributed by atoms with Gasteiger partial charge in [-0.3, -0.25) is 0 Å². The van der Waals surface area contributed by atoms with E-state index in [2.05, 4.69) is 91.0 Å². The van der Waals surface area contributed by atoms with E-state index in [0.717, 1.165) is 39.6 Å². The van der Waals surface area contributed by atoms with Crippen LogP contribution < -0.4 is 4.40 Å². The molecule has 49 heavy (non-hydrogen) atoms. The predicted molar refractivity (Wildman–Crippen MR) is 231 cm³/mol. The number of hydrogen-bond acceptors (Lipinski definition) is 3. The van der Waals surface area contributed by atoms with Crippen LogP contribution in [0.1, 0.15) is 139 Å². The summed E-state index contributed by atoms with van der Waals surface area (Å²) in [4.78, 5) is 0. The van der Waals surface area contributed by atoms with Crippen LogP contribution in [0.15, 0.2) is 30.3 Å². The zero-order valence-electron chi connectivity index (χ0n) is 34.7. The molecule has 0 spiro atoms. The summed E-state index contributed by atoms with van der Waals surface area (Å²) in [6.45, 7) is 25.9. The molecule has 1 rings (SSSR count). The van der Waals surface area contributed by atoms with Gasteiger partial charge in [-0.15, -0.1) is 0 Å². The van der Waals surface area contributed by atoms with Crippen LogP contribution in [-0.2, 0) is 14.2 Å². The van der Waals surface area contributed by atoms with Crippen LogP contribution in [0.25, 0.3) is 0 Å². The molecule has 6 radical (unpaired) electrons. The van der Waals surface area contributed by atoms with Gasteiger partial charge in [-0.25, -0.2) is 0 Å². The van der Waals surface area contributed by atoms with Crippen molar-refractivity contribution in [2.75, 3.05) is 39.6 Å². The van der Waals surface area contributed by atoms with Crippen molar-refractivity contribution in [1.82, 2.24) is 0 Å². The molecule has 0 aliphatic heterocycles. The Kier molecular flexibility index (Phi) is 54.9. The van der Waals surface area contributed by atoms with Crippen molar-refractivity contribution in [2.24, 2.45) is 0 Å². The fourth-order valence-corrected chi connectivity index (χ4v) is 23.8. The van der Waals surface area contributed by atoms with Gasteiger partial charge in [0.25, 0.3) is 0 Å². The first-order chi connectivity index (χ1) is 23.9. The first-order valence-electron chi connectivity index (χ1n) is 20.9. The minimum absolute atomic E-state index is 0.694. The molecule has 0 fully saturated rings. The van der Waals surface area contributed by atoms with Gasteiger partial charge in [0.2, 0.25) is 0 Å². The fourth-order valence-electron chi connectivity index (χ4n) is 5.21. The summed E-state index contributed by atoms with van der Waals surface area (Å²) in [5, 5.41) is 13.8. The van der Waals surface area contributed by atoms with E-state index in [1.54, 1.807) is 31.5 Å². The Balaban J connectivity index is -0.000000589. The Bertz CT molecular complexity index is 597. The van der Waals surface area contributed by atoms with Crippen molar-refractivity contribution in [2.45, 2.75) is 187 Å². The first-order valence-corrected chi connectivity index (χ1v) is 35.3. The number of benzene rings is 1. The van der Waals surface area contributed by atoms with E-state index in [4.69, 9.17) is 14.2 Å². The summed E-state index contributed by atoms with van der Waals surface area (Å²) >= 11 is 0.000139. The zero-order chi connectivity index (χ0) is 37.1. The Morgan fingerprint density at radius 1 is 0.388 bits per heavy atom. The van der Waals surface area contributed by atoms with E-state index in [9.17, 15) is 0 Å². The van der Waals surface area contributed by atoms with Crippen LogP contribution in [0, 0.1) is 0 Å². The molecule has 0 bridgehead atoms. The van der Waals surface area contributed by atoms with Crippen molar-refractivity contribution in [3.05, 3.63) is 30.3 Å². The topological polar surface area (TPSA) is 27.7 Å². The van der Waals surface area contributed by atoms with E-state index in [0.29, 0.717) is 0 Å². The maximum absolute atomic E-state index is 5.47. The summed E-state index contributed by atoms with van der Waals surface area (Å²) in [5.41, 5.74) is 0. The normalized spacial score (nSPS) is 10.8. The second kappa shape index (κ2) is 49.3. The molecule has 288 valence electrons. The summed E-state index contributed by atoms with van der Waals surface area (Å²) in [6, 6.07) is 10.3. The molecule has 0 aliphatic rings. The maximum atomic E-state index is 5.47. The molecule has 0 aromatic heterocycles. The van der Waals surface area contributed by atoms with Gasteiger partial charge in [-0.1, -0.05) is 0 Å². The summed E-state index contributed by atoms with van der Waals surface area (Å²) in [6.07, 6.45) is 17.0. The van der Waals surface area contributed by atoms with E-state index in [1.807, 2.05) is 18.2 Å². The molecule has 7 heteroatoms. The fraction of sp³-hybridized carbons (Fsp3) is 0.857. The molecule has 1 aromatic rings. The van der Waals surface area contributed by atoms with Crippen LogP contribution in [0.5, 0.6) is 0 Å². The molecule has 1 aromatic carbocycles. The molecule has 0 amide bonds. The third-order valence-corrected chi connectivity index (χ3v) is 28.3. The van der Waals surface area contributed by atoms with Gasteiger partial charge in [-0.2, -0.15) is 0 Å². The molecule has 0 N–H and O–H groups in total. The number of rotatable bonds is 30. The molecular formula is C42H86Ge4O3. The van der Waals surface area contributed by atoms with E-state index < -0.39 is 43.0 Å². The Morgan fingerprint density at radius 2 is 0.633 bits per heavy atom. The molecule has 0 aliphatic carbocycles. The molecule has 0 heterocycles. The van der Waals surface area contributed by atoms with Gasteiger partial charge < -0.3 is 0 Å². The van der Waals surface area contributed by atoms with Crippen LogP contribution in [-0.4, -0.2) is 99.2 Å². The zero-order valence-corrected chi connectivity index (χ0v) is 43.1. The van der Waals surface area contributed by atoms with E-state index in [-0.39, 0.29) is 0 Å². The van der Waals surface area contributed by atoms with Crippen molar-refractivity contribution < 1.29 is 14.2 Å². The van der Waals surface area contributed by atoms with Crippen LogP contribution in [0.2, 0.25) is 47.3 Å². The van der Waals surface area contributed by atoms with Crippen molar-refractivity contribution in [3.8, 4) is 0 Å². The average molecular weight is 930 g/mol. The number of hydrogen-bond donors (Lipinski definition) is 0. The second-order valence-electron chi connectivity index (χ2n) is 13.1. The minimum atomic E-state index is -0.694. The summed E-state index contributed by atoms with van der Waals surface area (Å²) in [7, 11) is 0. The van der Waals surface area contributed by atoms with Gasteiger partial charge >= 0.3 is 335 Å². The number of ether oxygens (including phenoxy) is 3. The van der Waals surface area contributed by atoms with E-state index >= 15 is 0 Å². The Hall–Kier alpha value is 1.27. The van der Waals surface area contributed by atoms with Gasteiger partial charge in [0.1, 0.15) is 0 Å². The third kappa shape index (κ3) is 47.3. The van der Waals surface area contributed by atoms with Gasteiger partial charge in [0, 0.05) is 0 Å². The van der Waals surface area contributed by atoms with Gasteiger partial charge in [-0.05, 0) is 0 Å². The first kappa shape index (κ1) is 54.6. The van der Waals surface area contributed by atoms with Crippen molar-refractivity contribution in [3.63, 3.8) is 0 Å². The molecule has 0 saturated heterocycles. The van der Waals surface area contributed by atoms with Crippen LogP contribution in [0.3, 0.4) is 0 Å². The number of unbranched alkanes of at least 4 members (excludes halogenated alkanes) is 6. The Labute approximate surface area is 332 Å². The molecule has 0 saturated carbocycles. The molecular weight excluding hydrogens is 843 g/mol. The second-order valence-corrected chi connectivity index (χ2v) is 33.2. The van der Waals surface area contributed by atoms with Gasteiger partial charge in [0.15, 0.2) is 0 Å². The summed E-state index contributed by atoms with van der Waals surface area (Å²) in [5.74, 6) is 0. The third-order valence-electron chi connectivity index (χ3n) is 8.49.